The zero-order valence-electron chi connectivity index (χ0n) is 16.3. The molecule has 6 atom stereocenters. The van der Waals surface area contributed by atoms with Crippen molar-refractivity contribution in [2.75, 3.05) is 26.9 Å². The molecular formula is C22H28O6. The van der Waals surface area contributed by atoms with Crippen LogP contribution in [0.3, 0.4) is 0 Å². The Morgan fingerprint density at radius 3 is 2.64 bits per heavy atom. The molecule has 28 heavy (non-hydrogen) atoms. The van der Waals surface area contributed by atoms with Gasteiger partial charge in [-0.05, 0) is 25.0 Å². The topological polar surface area (TPSA) is 77.4 Å². The van der Waals surface area contributed by atoms with Crippen molar-refractivity contribution in [3.05, 3.63) is 30.3 Å². The molecule has 152 valence electrons. The SMILES string of the molecule is CO[C@]12CC[C@@H](O)[C@H](C#C[C@@H](O)COc3ccccc3)[C@H]1C(C)C21OCCO1. The molecule has 6 nitrogen and oxygen atoms in total. The van der Waals surface area contributed by atoms with Crippen molar-refractivity contribution >= 4 is 0 Å². The maximum absolute atomic E-state index is 10.6. The summed E-state index contributed by atoms with van der Waals surface area (Å²) >= 11 is 0. The molecule has 1 aromatic carbocycles. The molecule has 4 rings (SSSR count). The van der Waals surface area contributed by atoms with E-state index in [-0.39, 0.29) is 24.4 Å². The minimum absolute atomic E-state index is 0.0194. The highest BCUT2D eigenvalue weighted by Gasteiger charge is 2.77. The standard InChI is InChI=1S/C22H28O6/c1-15-20-18(9-8-16(23)14-26-17-6-4-3-5-7-17)19(24)10-11-21(20,25-2)22(15)27-12-13-28-22/h3-7,15-16,18-20,23-24H,10-14H2,1-2H3/t15?,16-,18+,19-,20-,21-/m1/s1. The number of aliphatic hydroxyl groups excluding tert-OH is 2. The van der Waals surface area contributed by atoms with Crippen LogP contribution in [0.2, 0.25) is 0 Å². The van der Waals surface area contributed by atoms with Crippen molar-refractivity contribution in [3.63, 3.8) is 0 Å². The highest BCUT2D eigenvalue weighted by molar-refractivity contribution is 5.27. The lowest BCUT2D eigenvalue weighted by atomic mass is 9.47. The first-order valence-corrected chi connectivity index (χ1v) is 9.92. The Morgan fingerprint density at radius 2 is 1.96 bits per heavy atom. The van der Waals surface area contributed by atoms with Crippen molar-refractivity contribution in [2.24, 2.45) is 17.8 Å². The van der Waals surface area contributed by atoms with Crippen LogP contribution in [0.1, 0.15) is 19.8 Å². The molecule has 6 heteroatoms. The average molecular weight is 388 g/mol. The average Bonchev–Trinajstić information content (AvgIpc) is 3.24. The van der Waals surface area contributed by atoms with E-state index in [4.69, 9.17) is 18.9 Å². The number of ether oxygens (including phenoxy) is 4. The van der Waals surface area contributed by atoms with Crippen molar-refractivity contribution in [1.82, 2.24) is 0 Å². The van der Waals surface area contributed by atoms with Crippen molar-refractivity contribution in [2.45, 2.75) is 43.4 Å². The Labute approximate surface area is 165 Å². The summed E-state index contributed by atoms with van der Waals surface area (Å²) in [4.78, 5) is 0. The van der Waals surface area contributed by atoms with Crippen LogP contribution in [0.5, 0.6) is 5.75 Å². The van der Waals surface area contributed by atoms with E-state index >= 15 is 0 Å². The molecule has 1 aliphatic heterocycles. The van der Waals surface area contributed by atoms with Crippen LogP contribution in [0.25, 0.3) is 0 Å². The number of benzene rings is 1. The lowest BCUT2D eigenvalue weighted by Gasteiger charge is -2.67. The molecule has 2 saturated carbocycles. The van der Waals surface area contributed by atoms with E-state index in [1.165, 1.54) is 0 Å². The van der Waals surface area contributed by atoms with Crippen LogP contribution in [-0.4, -0.2) is 60.7 Å². The second-order valence-corrected chi connectivity index (χ2v) is 7.83. The first-order chi connectivity index (χ1) is 13.5. The number of hydrogen-bond acceptors (Lipinski definition) is 6. The summed E-state index contributed by atoms with van der Waals surface area (Å²) < 4.78 is 23.5. The summed E-state index contributed by atoms with van der Waals surface area (Å²) in [7, 11) is 1.68. The lowest BCUT2D eigenvalue weighted by Crippen LogP contribution is -2.79. The lowest BCUT2D eigenvalue weighted by molar-refractivity contribution is -0.412. The molecule has 0 aromatic heterocycles. The van der Waals surface area contributed by atoms with Crippen LogP contribution in [-0.2, 0) is 14.2 Å². The van der Waals surface area contributed by atoms with E-state index in [9.17, 15) is 10.2 Å². The number of aliphatic hydroxyl groups is 2. The van der Waals surface area contributed by atoms with E-state index in [0.29, 0.717) is 31.8 Å². The largest absolute Gasteiger partial charge is 0.490 e. The van der Waals surface area contributed by atoms with Crippen molar-refractivity contribution < 1.29 is 29.2 Å². The van der Waals surface area contributed by atoms with Gasteiger partial charge in [0.05, 0.1) is 25.2 Å². The number of methoxy groups -OCH3 is 1. The fraction of sp³-hybridized carbons (Fsp3) is 0.636. The summed E-state index contributed by atoms with van der Waals surface area (Å²) in [5.41, 5.74) is -0.604. The van der Waals surface area contributed by atoms with Gasteiger partial charge in [0.15, 0.2) is 0 Å². The molecule has 3 aliphatic rings. The van der Waals surface area contributed by atoms with Gasteiger partial charge in [0, 0.05) is 18.9 Å². The molecule has 1 heterocycles. The highest BCUT2D eigenvalue weighted by atomic mass is 16.8. The Morgan fingerprint density at radius 1 is 1.25 bits per heavy atom. The number of fused-ring (bicyclic) bond motifs is 2. The Hall–Kier alpha value is -1.62. The summed E-state index contributed by atoms with van der Waals surface area (Å²) in [6.07, 6.45) is -0.280. The first-order valence-electron chi connectivity index (χ1n) is 9.92. The minimum atomic E-state index is -0.936. The van der Waals surface area contributed by atoms with Gasteiger partial charge in [-0.1, -0.05) is 37.0 Å². The second kappa shape index (κ2) is 7.66. The predicted octanol–water partition coefficient (Wildman–Crippen LogP) is 1.59. The van der Waals surface area contributed by atoms with Crippen molar-refractivity contribution in [3.8, 4) is 17.6 Å². The molecule has 1 saturated heterocycles. The number of para-hydroxylation sites is 1. The third-order valence-electron chi connectivity index (χ3n) is 6.53. The predicted molar refractivity (Wildman–Crippen MR) is 101 cm³/mol. The van der Waals surface area contributed by atoms with E-state index in [1.807, 2.05) is 30.3 Å². The van der Waals surface area contributed by atoms with Crippen LogP contribution >= 0.6 is 0 Å². The zero-order chi connectivity index (χ0) is 19.8. The van der Waals surface area contributed by atoms with Crippen LogP contribution < -0.4 is 4.74 Å². The molecule has 1 spiro atoms. The monoisotopic (exact) mass is 388 g/mol. The quantitative estimate of drug-likeness (QED) is 0.763. The van der Waals surface area contributed by atoms with Crippen molar-refractivity contribution in [1.29, 1.82) is 0 Å². The fourth-order valence-corrected chi connectivity index (χ4v) is 5.31. The van der Waals surface area contributed by atoms with Gasteiger partial charge in [0.2, 0.25) is 5.79 Å². The number of rotatable bonds is 4. The molecule has 0 bridgehead atoms. The Kier molecular flexibility index (Phi) is 5.38. The Balaban J connectivity index is 1.48. The van der Waals surface area contributed by atoms with Gasteiger partial charge in [-0.15, -0.1) is 0 Å². The van der Waals surface area contributed by atoms with Gasteiger partial charge in [-0.2, -0.15) is 0 Å². The van der Waals surface area contributed by atoms with Crippen LogP contribution in [0, 0.1) is 29.6 Å². The first kappa shape index (κ1) is 19.7. The minimum Gasteiger partial charge on any atom is -0.490 e. The molecular weight excluding hydrogens is 360 g/mol. The third-order valence-corrected chi connectivity index (χ3v) is 6.53. The van der Waals surface area contributed by atoms with E-state index in [2.05, 4.69) is 18.8 Å². The summed E-state index contributed by atoms with van der Waals surface area (Å²) in [5, 5.41) is 20.8. The van der Waals surface area contributed by atoms with Gasteiger partial charge in [0.1, 0.15) is 24.1 Å². The molecule has 3 fully saturated rings. The zero-order valence-corrected chi connectivity index (χ0v) is 16.3. The fourth-order valence-electron chi connectivity index (χ4n) is 5.31. The van der Waals surface area contributed by atoms with Crippen LogP contribution in [0.15, 0.2) is 30.3 Å². The van der Waals surface area contributed by atoms with E-state index in [1.54, 1.807) is 7.11 Å². The molecule has 0 radical (unpaired) electrons. The summed E-state index contributed by atoms with van der Waals surface area (Å²) in [5.74, 6) is 5.62. The van der Waals surface area contributed by atoms with Crippen LogP contribution in [0.4, 0.5) is 0 Å². The maximum Gasteiger partial charge on any atom is 0.201 e. The molecule has 1 unspecified atom stereocenters. The van der Waals surface area contributed by atoms with E-state index in [0.717, 1.165) is 0 Å². The second-order valence-electron chi connectivity index (χ2n) is 7.83. The van der Waals surface area contributed by atoms with Gasteiger partial charge in [-0.25, -0.2) is 0 Å². The van der Waals surface area contributed by atoms with Gasteiger partial charge in [0.25, 0.3) is 0 Å². The summed E-state index contributed by atoms with van der Waals surface area (Å²) in [6, 6.07) is 9.30. The molecule has 1 aromatic rings. The molecule has 2 N–H and O–H groups in total. The van der Waals surface area contributed by atoms with Gasteiger partial charge < -0.3 is 29.2 Å². The van der Waals surface area contributed by atoms with Gasteiger partial charge in [-0.3, -0.25) is 0 Å². The van der Waals surface area contributed by atoms with Gasteiger partial charge >= 0.3 is 0 Å². The smallest absolute Gasteiger partial charge is 0.201 e. The normalized spacial score (nSPS) is 36.7. The molecule has 2 aliphatic carbocycles. The maximum atomic E-state index is 10.6. The third kappa shape index (κ3) is 2.94. The van der Waals surface area contributed by atoms with E-state index < -0.39 is 23.6 Å². The summed E-state index contributed by atoms with van der Waals surface area (Å²) in [6.45, 7) is 3.24. The Bertz CT molecular complexity index is 734. The molecule has 0 amide bonds. The highest BCUT2D eigenvalue weighted by Crippen LogP contribution is 2.65. The number of hydrogen-bond donors (Lipinski definition) is 2.